The van der Waals surface area contributed by atoms with Gasteiger partial charge in [0.05, 0.1) is 0 Å². The van der Waals surface area contributed by atoms with Gasteiger partial charge in [-0.3, -0.25) is 4.79 Å². The Morgan fingerprint density at radius 1 is 0.926 bits per heavy atom. The molecular weight excluding hydrogens is 398 g/mol. The molecule has 0 aliphatic rings. The summed E-state index contributed by atoms with van der Waals surface area (Å²) in [5.74, 6) is -0.00214. The minimum Gasteiger partial charge on any atom is -0.305 e. The first kappa shape index (κ1) is 19.1. The zero-order chi connectivity index (χ0) is 19.1. The predicted octanol–water partition coefficient (Wildman–Crippen LogP) is 6.37. The van der Waals surface area contributed by atoms with E-state index in [1.54, 1.807) is 4.90 Å². The molecule has 3 aromatic rings. The van der Waals surface area contributed by atoms with Gasteiger partial charge < -0.3 is 4.90 Å². The molecule has 2 nitrogen and oxygen atoms in total. The van der Waals surface area contributed by atoms with Crippen molar-refractivity contribution < 1.29 is 4.79 Å². The Labute approximate surface area is 169 Å². The van der Waals surface area contributed by atoms with Crippen LogP contribution in [0.5, 0.6) is 0 Å². The molecule has 0 saturated heterocycles. The van der Waals surface area contributed by atoms with Crippen molar-refractivity contribution in [3.63, 3.8) is 0 Å². The number of aryl methyl sites for hydroxylation is 1. The van der Waals surface area contributed by atoms with Gasteiger partial charge in [-0.15, -0.1) is 0 Å². The van der Waals surface area contributed by atoms with E-state index < -0.39 is 0 Å². The summed E-state index contributed by atoms with van der Waals surface area (Å²) in [6.45, 7) is 2.62. The van der Waals surface area contributed by atoms with Crippen molar-refractivity contribution in [3.05, 3.63) is 106 Å². The highest BCUT2D eigenvalue weighted by atomic mass is 79.9. The van der Waals surface area contributed by atoms with Crippen molar-refractivity contribution in [2.75, 3.05) is 11.4 Å². The number of halogens is 1. The molecule has 0 bridgehead atoms. The minimum atomic E-state index is -0.00214. The fourth-order valence-electron chi connectivity index (χ4n) is 2.82. The fraction of sp³-hybridized carbons (Fsp3) is 0.125. The summed E-state index contributed by atoms with van der Waals surface area (Å²) in [5, 5.41) is 0. The zero-order valence-corrected chi connectivity index (χ0v) is 16.9. The van der Waals surface area contributed by atoms with E-state index >= 15 is 0 Å². The molecule has 3 rings (SSSR count). The first-order valence-corrected chi connectivity index (χ1v) is 9.84. The summed E-state index contributed by atoms with van der Waals surface area (Å²) < 4.78 is 0.991. The highest BCUT2D eigenvalue weighted by Crippen LogP contribution is 2.21. The quantitative estimate of drug-likeness (QED) is 0.454. The van der Waals surface area contributed by atoms with Crippen LogP contribution in [0, 0.1) is 0 Å². The Morgan fingerprint density at radius 3 is 2.22 bits per heavy atom. The van der Waals surface area contributed by atoms with Crippen molar-refractivity contribution in [1.29, 1.82) is 0 Å². The van der Waals surface area contributed by atoms with E-state index in [2.05, 4.69) is 22.9 Å². The van der Waals surface area contributed by atoms with Gasteiger partial charge in [0.25, 0.3) is 5.91 Å². The Morgan fingerprint density at radius 2 is 1.59 bits per heavy atom. The molecule has 0 aliphatic heterocycles. The van der Waals surface area contributed by atoms with Crippen molar-refractivity contribution in [1.82, 2.24) is 0 Å². The van der Waals surface area contributed by atoms with Gasteiger partial charge in [-0.1, -0.05) is 77.5 Å². The first-order chi connectivity index (χ1) is 13.2. The molecule has 0 heterocycles. The fourth-order valence-corrected chi connectivity index (χ4v) is 3.09. The second-order valence-corrected chi connectivity index (χ2v) is 7.17. The standard InChI is InChI=1S/C24H22BrNO/c1-2-19-10-12-21(13-11-19)24(27)26(23-16-14-22(25)15-17-23)18-6-9-20-7-4-3-5-8-20/h3-17H,2,18H2,1H3. The Kier molecular flexibility index (Phi) is 6.61. The molecule has 0 fully saturated rings. The number of hydrogen-bond donors (Lipinski definition) is 0. The molecule has 3 heteroatoms. The van der Waals surface area contributed by atoms with Crippen LogP contribution < -0.4 is 4.90 Å². The molecular formula is C24H22BrNO. The third kappa shape index (κ3) is 5.18. The van der Waals surface area contributed by atoms with Gasteiger partial charge in [0, 0.05) is 22.3 Å². The summed E-state index contributed by atoms with van der Waals surface area (Å²) in [4.78, 5) is 15.0. The average Bonchev–Trinajstić information content (AvgIpc) is 2.72. The lowest BCUT2D eigenvalue weighted by molar-refractivity contribution is 0.0989. The maximum absolute atomic E-state index is 13.2. The lowest BCUT2D eigenvalue weighted by Crippen LogP contribution is -2.31. The number of anilines is 1. The van der Waals surface area contributed by atoms with Gasteiger partial charge in [-0.05, 0) is 53.9 Å². The molecule has 136 valence electrons. The molecule has 0 unspecified atom stereocenters. The van der Waals surface area contributed by atoms with Crippen LogP contribution in [0.4, 0.5) is 5.69 Å². The van der Waals surface area contributed by atoms with Crippen molar-refractivity contribution >= 4 is 33.6 Å². The van der Waals surface area contributed by atoms with E-state index in [9.17, 15) is 4.79 Å². The van der Waals surface area contributed by atoms with Crippen LogP contribution in [0.25, 0.3) is 6.08 Å². The van der Waals surface area contributed by atoms with Crippen molar-refractivity contribution in [2.24, 2.45) is 0 Å². The van der Waals surface area contributed by atoms with Crippen LogP contribution in [0.15, 0.2) is 89.4 Å². The number of amides is 1. The molecule has 0 saturated carbocycles. The van der Waals surface area contributed by atoms with Crippen LogP contribution in [0.3, 0.4) is 0 Å². The summed E-state index contributed by atoms with van der Waals surface area (Å²) in [7, 11) is 0. The van der Waals surface area contributed by atoms with E-state index in [0.717, 1.165) is 22.1 Å². The average molecular weight is 420 g/mol. The highest BCUT2D eigenvalue weighted by molar-refractivity contribution is 9.10. The molecule has 0 aromatic heterocycles. The number of carbonyl (C=O) groups excluding carboxylic acids is 1. The summed E-state index contributed by atoms with van der Waals surface area (Å²) in [5.41, 5.74) is 3.92. The van der Waals surface area contributed by atoms with Gasteiger partial charge >= 0.3 is 0 Å². The monoisotopic (exact) mass is 419 g/mol. The van der Waals surface area contributed by atoms with E-state index in [4.69, 9.17) is 0 Å². The zero-order valence-electron chi connectivity index (χ0n) is 15.3. The maximum atomic E-state index is 13.2. The van der Waals surface area contributed by atoms with E-state index in [1.165, 1.54) is 5.56 Å². The van der Waals surface area contributed by atoms with Crippen molar-refractivity contribution in [3.8, 4) is 0 Å². The van der Waals surface area contributed by atoms with Crippen LogP contribution in [-0.4, -0.2) is 12.5 Å². The lowest BCUT2D eigenvalue weighted by atomic mass is 10.1. The molecule has 0 radical (unpaired) electrons. The molecule has 1 amide bonds. The molecule has 0 aliphatic carbocycles. The smallest absolute Gasteiger partial charge is 0.258 e. The predicted molar refractivity (Wildman–Crippen MR) is 117 cm³/mol. The van der Waals surface area contributed by atoms with E-state index in [0.29, 0.717) is 12.1 Å². The third-order valence-corrected chi connectivity index (χ3v) is 4.92. The normalized spacial score (nSPS) is 10.9. The maximum Gasteiger partial charge on any atom is 0.258 e. The first-order valence-electron chi connectivity index (χ1n) is 9.05. The molecule has 27 heavy (non-hydrogen) atoms. The molecule has 3 aromatic carbocycles. The molecule has 0 atom stereocenters. The van der Waals surface area contributed by atoms with Gasteiger partial charge in [0.1, 0.15) is 0 Å². The molecule has 0 spiro atoms. The van der Waals surface area contributed by atoms with Crippen LogP contribution in [-0.2, 0) is 6.42 Å². The minimum absolute atomic E-state index is 0.00214. The molecule has 0 N–H and O–H groups in total. The highest BCUT2D eigenvalue weighted by Gasteiger charge is 2.16. The van der Waals surface area contributed by atoms with Crippen molar-refractivity contribution in [2.45, 2.75) is 13.3 Å². The number of carbonyl (C=O) groups is 1. The number of benzene rings is 3. The topological polar surface area (TPSA) is 20.3 Å². The summed E-state index contributed by atoms with van der Waals surface area (Å²) in [6.07, 6.45) is 5.03. The van der Waals surface area contributed by atoms with E-state index in [-0.39, 0.29) is 5.91 Å². The second kappa shape index (κ2) is 9.33. The largest absolute Gasteiger partial charge is 0.305 e. The second-order valence-electron chi connectivity index (χ2n) is 6.26. The summed E-state index contributed by atoms with van der Waals surface area (Å²) >= 11 is 3.46. The summed E-state index contributed by atoms with van der Waals surface area (Å²) in [6, 6.07) is 25.8. The SMILES string of the molecule is CCc1ccc(C(=O)N(CC=Cc2ccccc2)c2ccc(Br)cc2)cc1. The Hall–Kier alpha value is -2.65. The van der Waals surface area contributed by atoms with E-state index in [1.807, 2.05) is 91.0 Å². The number of rotatable bonds is 6. The van der Waals surface area contributed by atoms with Gasteiger partial charge in [-0.2, -0.15) is 0 Å². The van der Waals surface area contributed by atoms with Gasteiger partial charge in [0.2, 0.25) is 0 Å². The van der Waals surface area contributed by atoms with Crippen LogP contribution in [0.1, 0.15) is 28.4 Å². The number of nitrogens with zero attached hydrogens (tertiary/aromatic N) is 1. The third-order valence-electron chi connectivity index (χ3n) is 4.39. The number of hydrogen-bond acceptors (Lipinski definition) is 1. The Bertz CT molecular complexity index is 899. The Balaban J connectivity index is 1.85. The van der Waals surface area contributed by atoms with Crippen LogP contribution >= 0.6 is 15.9 Å². The van der Waals surface area contributed by atoms with Crippen LogP contribution in [0.2, 0.25) is 0 Å². The van der Waals surface area contributed by atoms with Gasteiger partial charge in [-0.25, -0.2) is 0 Å². The van der Waals surface area contributed by atoms with Gasteiger partial charge in [0.15, 0.2) is 0 Å². The lowest BCUT2D eigenvalue weighted by Gasteiger charge is -2.22.